The molecule has 3 heteroatoms. The maximum Gasteiger partial charge on any atom is 0.0991 e. The summed E-state index contributed by atoms with van der Waals surface area (Å²) in [4.78, 5) is 3.96. The normalized spacial score (nSPS) is 9.00. The first-order chi connectivity index (χ1) is 5.47. The minimum atomic E-state index is 0. The van der Waals surface area contributed by atoms with Crippen LogP contribution in [0.1, 0.15) is 0 Å². The van der Waals surface area contributed by atoms with Gasteiger partial charge in [-0.3, -0.25) is 0 Å². The number of aromatic nitrogens is 2. The summed E-state index contributed by atoms with van der Waals surface area (Å²) in [6.45, 7) is 0. The van der Waals surface area contributed by atoms with Crippen LogP contribution in [0.15, 0.2) is 49.1 Å². The van der Waals surface area contributed by atoms with Crippen molar-refractivity contribution in [3.63, 3.8) is 0 Å². The molecule has 1 aromatic heterocycles. The van der Waals surface area contributed by atoms with E-state index >= 15 is 0 Å². The van der Waals surface area contributed by atoms with Crippen LogP contribution < -0.4 is 0 Å². The van der Waals surface area contributed by atoms with Gasteiger partial charge in [0.2, 0.25) is 0 Å². The summed E-state index contributed by atoms with van der Waals surface area (Å²) in [6.07, 6.45) is 5.48. The number of nitrogens with zero attached hydrogens (tertiary/aromatic N) is 2. The van der Waals surface area contributed by atoms with Crippen molar-refractivity contribution in [2.45, 2.75) is 0 Å². The minimum absolute atomic E-state index is 0. The summed E-state index contributed by atoms with van der Waals surface area (Å²) in [7, 11) is 0. The zero-order valence-electron chi connectivity index (χ0n) is 6.27. The zero-order chi connectivity index (χ0) is 7.52. The molecule has 0 fully saturated rings. The van der Waals surface area contributed by atoms with E-state index in [-0.39, 0.29) is 36.9 Å². The third-order valence-electron chi connectivity index (χ3n) is 1.56. The molecule has 12 heavy (non-hydrogen) atoms. The van der Waals surface area contributed by atoms with Crippen LogP contribution in [0.2, 0.25) is 0 Å². The van der Waals surface area contributed by atoms with Gasteiger partial charge in [0.15, 0.2) is 0 Å². The molecule has 0 aliphatic heterocycles. The fourth-order valence-corrected chi connectivity index (χ4v) is 1.01. The van der Waals surface area contributed by atoms with Crippen LogP contribution in [0.4, 0.5) is 0 Å². The molecule has 0 N–H and O–H groups in total. The maximum atomic E-state index is 3.96. The second kappa shape index (κ2) is 4.63. The van der Waals surface area contributed by atoms with Gasteiger partial charge in [-0.15, -0.1) is 0 Å². The predicted octanol–water partition coefficient (Wildman–Crippen LogP) is 1.87. The molecule has 2 aromatic rings. The molecule has 2 nitrogen and oxygen atoms in total. The van der Waals surface area contributed by atoms with Crippen LogP contribution in [-0.2, 0) is 0 Å². The van der Waals surface area contributed by atoms with E-state index in [1.165, 1.54) is 0 Å². The fourth-order valence-electron chi connectivity index (χ4n) is 1.01. The number of para-hydroxylation sites is 1. The van der Waals surface area contributed by atoms with Gasteiger partial charge in [-0.25, -0.2) is 4.98 Å². The monoisotopic (exact) mass is 319 g/mol. The van der Waals surface area contributed by atoms with Gasteiger partial charge in [0.05, 0.1) is 6.33 Å². The molecule has 0 atom stereocenters. The van der Waals surface area contributed by atoms with Crippen LogP contribution in [0.3, 0.4) is 0 Å². The molecule has 0 saturated heterocycles. The van der Waals surface area contributed by atoms with E-state index in [4.69, 9.17) is 0 Å². The van der Waals surface area contributed by atoms with Crippen molar-refractivity contribution in [2.75, 3.05) is 0 Å². The second-order valence-electron chi connectivity index (χ2n) is 2.31. The molecule has 1 radical (unpaired) electrons. The Hall–Kier alpha value is -0.336. The molecule has 0 unspecified atom stereocenters. The summed E-state index contributed by atoms with van der Waals surface area (Å²) >= 11 is 0. The van der Waals surface area contributed by atoms with Crippen molar-refractivity contribution in [3.8, 4) is 5.69 Å². The van der Waals surface area contributed by atoms with Gasteiger partial charge >= 0.3 is 0 Å². The molecule has 0 amide bonds. The quantitative estimate of drug-likeness (QED) is 0.785. The molecule has 1 aromatic carbocycles. The van der Waals surface area contributed by atoms with Crippen molar-refractivity contribution in [1.82, 2.24) is 9.55 Å². The first-order valence-corrected chi connectivity index (χ1v) is 3.50. The van der Waals surface area contributed by atoms with E-state index in [0.717, 1.165) is 5.69 Å². The molecule has 1 heterocycles. The summed E-state index contributed by atoms with van der Waals surface area (Å²) in [5.41, 5.74) is 1.14. The van der Waals surface area contributed by atoms with Crippen molar-refractivity contribution in [3.05, 3.63) is 49.1 Å². The molecule has 0 aliphatic carbocycles. The third kappa shape index (κ3) is 2.08. The Morgan fingerprint density at radius 1 is 1.08 bits per heavy atom. The van der Waals surface area contributed by atoms with E-state index in [1.54, 1.807) is 12.5 Å². The third-order valence-corrected chi connectivity index (χ3v) is 1.56. The van der Waals surface area contributed by atoms with Gasteiger partial charge in [-0.2, -0.15) is 0 Å². The summed E-state index contributed by atoms with van der Waals surface area (Å²) < 4.78 is 1.97. The fraction of sp³-hybridized carbons (Fsp3) is 0. The Labute approximate surface area is 100 Å². The molecule has 0 spiro atoms. The molecule has 2 rings (SSSR count). The number of imidazole rings is 1. The van der Waals surface area contributed by atoms with Gasteiger partial charge < -0.3 is 4.57 Å². The van der Waals surface area contributed by atoms with Gasteiger partial charge in [-0.1, -0.05) is 18.2 Å². The average molecular weight is 319 g/mol. The molecule has 69 valence electrons. The summed E-state index contributed by atoms with van der Waals surface area (Å²) in [5.74, 6) is 0. The van der Waals surface area contributed by atoms with E-state index in [1.807, 2.05) is 41.1 Å². The maximum absolute atomic E-state index is 3.96. The first kappa shape index (κ1) is 9.75. The topological polar surface area (TPSA) is 17.8 Å². The SMILES string of the molecule is [Lu].c1ccc(-n2ccnc2)cc1. The Kier molecular flexibility index (Phi) is 3.76. The smallest absolute Gasteiger partial charge is 0.0991 e. The molecule has 0 saturated carbocycles. The first-order valence-electron chi connectivity index (χ1n) is 3.50. The Morgan fingerprint density at radius 2 is 1.83 bits per heavy atom. The second-order valence-corrected chi connectivity index (χ2v) is 2.31. The minimum Gasteiger partial charge on any atom is -0.306 e. The molecule has 0 aliphatic rings. The van der Waals surface area contributed by atoms with Crippen LogP contribution in [0.5, 0.6) is 0 Å². The number of hydrogen-bond acceptors (Lipinski definition) is 1. The van der Waals surface area contributed by atoms with Crippen LogP contribution in [0, 0.1) is 36.9 Å². The van der Waals surface area contributed by atoms with Crippen molar-refractivity contribution >= 4 is 0 Å². The Morgan fingerprint density at radius 3 is 2.42 bits per heavy atom. The van der Waals surface area contributed by atoms with Gasteiger partial charge in [-0.05, 0) is 12.1 Å². The average Bonchev–Trinajstić information content (AvgIpc) is 2.58. The summed E-state index contributed by atoms with van der Waals surface area (Å²) in [6, 6.07) is 10.1. The zero-order valence-corrected chi connectivity index (χ0v) is 7.93. The van der Waals surface area contributed by atoms with Crippen LogP contribution >= 0.6 is 0 Å². The molecule has 0 bridgehead atoms. The summed E-state index contributed by atoms with van der Waals surface area (Å²) in [5, 5.41) is 0. The molecular weight excluding hydrogens is 311 g/mol. The standard InChI is InChI=1S/C9H8N2.Lu/c1-2-4-9(5-3-1)11-7-6-10-8-11;/h1-8H;. The largest absolute Gasteiger partial charge is 0.306 e. The van der Waals surface area contributed by atoms with E-state index in [0.29, 0.717) is 0 Å². The number of rotatable bonds is 1. The number of benzene rings is 1. The molecular formula is C9H8LuN2. The van der Waals surface area contributed by atoms with Crippen LogP contribution in [-0.4, -0.2) is 9.55 Å². The predicted molar refractivity (Wildman–Crippen MR) is 43.6 cm³/mol. The number of hydrogen-bond donors (Lipinski definition) is 0. The van der Waals surface area contributed by atoms with Crippen molar-refractivity contribution in [1.29, 1.82) is 0 Å². The van der Waals surface area contributed by atoms with Crippen molar-refractivity contribution in [2.24, 2.45) is 0 Å². The van der Waals surface area contributed by atoms with E-state index in [2.05, 4.69) is 4.98 Å². The van der Waals surface area contributed by atoms with Crippen LogP contribution in [0.25, 0.3) is 5.69 Å². The Bertz CT molecular complexity index is 316. The van der Waals surface area contributed by atoms with Gasteiger partial charge in [0, 0.05) is 55.0 Å². The van der Waals surface area contributed by atoms with Gasteiger partial charge in [0.25, 0.3) is 0 Å². The van der Waals surface area contributed by atoms with E-state index < -0.39 is 0 Å². The van der Waals surface area contributed by atoms with Gasteiger partial charge in [0.1, 0.15) is 0 Å². The van der Waals surface area contributed by atoms with E-state index in [9.17, 15) is 0 Å². The Balaban J connectivity index is 0.000000720. The van der Waals surface area contributed by atoms with Crippen molar-refractivity contribution < 1.29 is 36.9 Å².